The summed E-state index contributed by atoms with van der Waals surface area (Å²) in [7, 11) is 0. The van der Waals surface area contributed by atoms with Gasteiger partial charge in [0.25, 0.3) is 0 Å². The number of hydrogen-bond donors (Lipinski definition) is 1. The summed E-state index contributed by atoms with van der Waals surface area (Å²) in [5.74, 6) is -0.608. The van der Waals surface area contributed by atoms with Crippen molar-refractivity contribution < 1.29 is 14.6 Å². The Balaban J connectivity index is 2.33. The molecule has 0 spiro atoms. The van der Waals surface area contributed by atoms with Crippen molar-refractivity contribution in [2.24, 2.45) is 0 Å². The molecule has 2 rings (SSSR count). The van der Waals surface area contributed by atoms with Crippen LogP contribution < -0.4 is 4.74 Å². The predicted molar refractivity (Wildman–Crippen MR) is 73.5 cm³/mol. The van der Waals surface area contributed by atoms with Crippen molar-refractivity contribution >= 4 is 5.97 Å². The van der Waals surface area contributed by atoms with Gasteiger partial charge in [-0.2, -0.15) is 0 Å². The first kappa shape index (κ1) is 13.1. The third-order valence-electron chi connectivity index (χ3n) is 2.95. The van der Waals surface area contributed by atoms with Crippen molar-refractivity contribution in [1.29, 1.82) is 0 Å². The lowest BCUT2D eigenvalue weighted by atomic mass is 9.98. The largest absolute Gasteiger partial charge is 0.482 e. The van der Waals surface area contributed by atoms with Crippen molar-refractivity contribution in [1.82, 2.24) is 0 Å². The van der Waals surface area contributed by atoms with Crippen molar-refractivity contribution in [3.63, 3.8) is 0 Å². The molecule has 3 heteroatoms. The highest BCUT2D eigenvalue weighted by molar-refractivity contribution is 5.90. The molecule has 0 saturated heterocycles. The van der Waals surface area contributed by atoms with Crippen LogP contribution in [-0.4, -0.2) is 11.1 Å². The lowest BCUT2D eigenvalue weighted by molar-refractivity contribution is 0.0672. The van der Waals surface area contributed by atoms with Crippen LogP contribution in [0.4, 0.5) is 0 Å². The van der Waals surface area contributed by atoms with E-state index < -0.39 is 11.6 Å². The summed E-state index contributed by atoms with van der Waals surface area (Å²) < 4.78 is 5.90. The van der Waals surface area contributed by atoms with Gasteiger partial charge in [0.15, 0.2) is 0 Å². The number of carbonyl (C=O) groups is 1. The number of para-hydroxylation sites is 1. The Morgan fingerprint density at radius 1 is 1.00 bits per heavy atom. The highest BCUT2D eigenvalue weighted by Gasteiger charge is 2.24. The van der Waals surface area contributed by atoms with E-state index in [-0.39, 0.29) is 5.56 Å². The summed E-state index contributed by atoms with van der Waals surface area (Å²) in [6, 6.07) is 16.4. The average Bonchev–Trinajstić information content (AvgIpc) is 2.39. The van der Waals surface area contributed by atoms with Crippen molar-refractivity contribution in [2.75, 3.05) is 0 Å². The smallest absolute Gasteiger partial charge is 0.339 e. The minimum absolute atomic E-state index is 0.173. The van der Waals surface area contributed by atoms with Gasteiger partial charge in [0, 0.05) is 0 Å². The van der Waals surface area contributed by atoms with Gasteiger partial charge >= 0.3 is 5.97 Å². The van der Waals surface area contributed by atoms with Gasteiger partial charge in [0.2, 0.25) is 0 Å². The molecule has 0 fully saturated rings. The van der Waals surface area contributed by atoms with E-state index in [1.54, 1.807) is 24.3 Å². The Kier molecular flexibility index (Phi) is 3.56. The molecule has 2 aromatic rings. The van der Waals surface area contributed by atoms with E-state index >= 15 is 0 Å². The molecular formula is C16H16O3. The molecule has 0 saturated carbocycles. The molecule has 0 amide bonds. The lowest BCUT2D eigenvalue weighted by Crippen LogP contribution is -2.26. The normalized spacial score (nSPS) is 11.1. The van der Waals surface area contributed by atoms with Crippen LogP contribution in [0.15, 0.2) is 54.6 Å². The standard InChI is InChI=1S/C16H16O3/c1-16(2,12-8-4-3-5-9-12)19-14-11-7-6-10-13(14)15(17)18/h3-11H,1-2H3,(H,17,18). The van der Waals surface area contributed by atoms with Crippen LogP contribution in [0.3, 0.4) is 0 Å². The molecule has 0 unspecified atom stereocenters. The number of aromatic carboxylic acids is 1. The van der Waals surface area contributed by atoms with Crippen molar-refractivity contribution in [3.8, 4) is 5.75 Å². The van der Waals surface area contributed by atoms with E-state index in [1.807, 2.05) is 44.2 Å². The Bertz CT molecular complexity index is 574. The molecule has 0 aliphatic rings. The van der Waals surface area contributed by atoms with E-state index in [0.29, 0.717) is 5.75 Å². The molecule has 0 atom stereocenters. The number of carboxylic acids is 1. The van der Waals surface area contributed by atoms with Crippen LogP contribution in [0.5, 0.6) is 5.75 Å². The van der Waals surface area contributed by atoms with E-state index in [1.165, 1.54) is 0 Å². The molecule has 3 nitrogen and oxygen atoms in total. The average molecular weight is 256 g/mol. The fourth-order valence-corrected chi connectivity index (χ4v) is 1.91. The number of ether oxygens (including phenoxy) is 1. The van der Waals surface area contributed by atoms with Crippen molar-refractivity contribution in [2.45, 2.75) is 19.4 Å². The molecule has 0 radical (unpaired) electrons. The molecule has 0 bridgehead atoms. The van der Waals surface area contributed by atoms with Gasteiger partial charge in [-0.1, -0.05) is 42.5 Å². The zero-order chi connectivity index (χ0) is 13.9. The van der Waals surface area contributed by atoms with Crippen LogP contribution in [0.25, 0.3) is 0 Å². The second kappa shape index (κ2) is 5.14. The lowest BCUT2D eigenvalue weighted by Gasteiger charge is -2.27. The predicted octanol–water partition coefficient (Wildman–Crippen LogP) is 3.70. The maximum absolute atomic E-state index is 11.2. The molecule has 98 valence electrons. The summed E-state index contributed by atoms with van der Waals surface area (Å²) in [6.07, 6.45) is 0. The Labute approximate surface area is 112 Å². The molecule has 2 aromatic carbocycles. The highest BCUT2D eigenvalue weighted by atomic mass is 16.5. The highest BCUT2D eigenvalue weighted by Crippen LogP contribution is 2.29. The third kappa shape index (κ3) is 2.94. The first-order chi connectivity index (χ1) is 9.00. The SMILES string of the molecule is CC(C)(Oc1ccccc1C(=O)O)c1ccccc1. The van der Waals surface area contributed by atoms with Crippen molar-refractivity contribution in [3.05, 3.63) is 65.7 Å². The van der Waals surface area contributed by atoms with E-state index in [2.05, 4.69) is 0 Å². The molecule has 0 aliphatic heterocycles. The van der Waals surface area contributed by atoms with Crippen LogP contribution in [-0.2, 0) is 5.60 Å². The van der Waals surface area contributed by atoms with Gasteiger partial charge in [-0.3, -0.25) is 0 Å². The summed E-state index contributed by atoms with van der Waals surface area (Å²) in [5, 5.41) is 9.15. The van der Waals surface area contributed by atoms with Crippen LogP contribution in [0.2, 0.25) is 0 Å². The summed E-state index contributed by atoms with van der Waals surface area (Å²) in [6.45, 7) is 3.84. The zero-order valence-corrected chi connectivity index (χ0v) is 11.0. The molecule has 0 aliphatic carbocycles. The first-order valence-electron chi connectivity index (χ1n) is 6.07. The number of rotatable bonds is 4. The van der Waals surface area contributed by atoms with Crippen LogP contribution in [0.1, 0.15) is 29.8 Å². The maximum atomic E-state index is 11.2. The molecule has 19 heavy (non-hydrogen) atoms. The first-order valence-corrected chi connectivity index (χ1v) is 6.07. The maximum Gasteiger partial charge on any atom is 0.339 e. The summed E-state index contributed by atoms with van der Waals surface area (Å²) in [5.41, 5.74) is 0.578. The summed E-state index contributed by atoms with van der Waals surface area (Å²) in [4.78, 5) is 11.2. The minimum atomic E-state index is -0.987. The quantitative estimate of drug-likeness (QED) is 0.907. The van der Waals surface area contributed by atoms with Gasteiger partial charge < -0.3 is 9.84 Å². The Hall–Kier alpha value is -2.29. The summed E-state index contributed by atoms with van der Waals surface area (Å²) >= 11 is 0. The molecule has 0 aromatic heterocycles. The number of hydrogen-bond acceptors (Lipinski definition) is 2. The molecule has 1 N–H and O–H groups in total. The van der Waals surface area contributed by atoms with Gasteiger partial charge in [-0.15, -0.1) is 0 Å². The van der Waals surface area contributed by atoms with Gasteiger partial charge in [-0.25, -0.2) is 4.79 Å². The second-order valence-electron chi connectivity index (χ2n) is 4.78. The van der Waals surface area contributed by atoms with Gasteiger partial charge in [0.05, 0.1) is 0 Å². The van der Waals surface area contributed by atoms with E-state index in [9.17, 15) is 4.79 Å². The Morgan fingerprint density at radius 3 is 2.21 bits per heavy atom. The molecule has 0 heterocycles. The zero-order valence-electron chi connectivity index (χ0n) is 11.0. The third-order valence-corrected chi connectivity index (χ3v) is 2.95. The molecular weight excluding hydrogens is 240 g/mol. The van der Waals surface area contributed by atoms with E-state index in [4.69, 9.17) is 9.84 Å². The van der Waals surface area contributed by atoms with Crippen LogP contribution in [0, 0.1) is 0 Å². The number of carboxylic acid groups (broad SMARTS) is 1. The monoisotopic (exact) mass is 256 g/mol. The van der Waals surface area contributed by atoms with E-state index in [0.717, 1.165) is 5.56 Å². The number of benzene rings is 2. The Morgan fingerprint density at radius 2 is 1.58 bits per heavy atom. The van der Waals surface area contributed by atoms with Gasteiger partial charge in [0.1, 0.15) is 16.9 Å². The second-order valence-corrected chi connectivity index (χ2v) is 4.78. The topological polar surface area (TPSA) is 46.5 Å². The van der Waals surface area contributed by atoms with Gasteiger partial charge in [-0.05, 0) is 31.5 Å². The fraction of sp³-hybridized carbons (Fsp3) is 0.188. The minimum Gasteiger partial charge on any atom is -0.482 e. The fourth-order valence-electron chi connectivity index (χ4n) is 1.91. The van der Waals surface area contributed by atoms with Crippen LogP contribution >= 0.6 is 0 Å².